The predicted molar refractivity (Wildman–Crippen MR) is 55.2 cm³/mol. The average Bonchev–Trinajstić information content (AvgIpc) is 2.05. The van der Waals surface area contributed by atoms with Gasteiger partial charge >= 0.3 is 0 Å². The average molecular weight is 253 g/mol. The highest BCUT2D eigenvalue weighted by Crippen LogP contribution is 2.10. The lowest BCUT2D eigenvalue weighted by atomic mass is 10.2. The Morgan fingerprint density at radius 1 is 1.50 bits per heavy atom. The smallest absolute Gasteiger partial charge is 0.0594 e. The fraction of sp³-hybridized carbons (Fsp3) is 0.286. The van der Waals surface area contributed by atoms with Crippen LogP contribution < -0.4 is 11.5 Å². The van der Waals surface area contributed by atoms with Crippen LogP contribution in [0.3, 0.4) is 0 Å². The molecule has 0 saturated carbocycles. The van der Waals surface area contributed by atoms with Crippen LogP contribution >= 0.6 is 28.3 Å². The lowest BCUT2D eigenvalue weighted by Gasteiger charge is -2.06. The van der Waals surface area contributed by atoms with E-state index in [1.807, 2.05) is 12.1 Å². The molecular weight excluding hydrogens is 241 g/mol. The molecular formula is C7H11BrClN3. The molecule has 0 saturated heterocycles. The summed E-state index contributed by atoms with van der Waals surface area (Å²) >= 11 is 3.28. The first-order valence-electron chi connectivity index (χ1n) is 3.31. The first kappa shape index (κ1) is 11.8. The maximum absolute atomic E-state index is 5.64. The Labute approximate surface area is 86.1 Å². The van der Waals surface area contributed by atoms with E-state index in [-0.39, 0.29) is 18.4 Å². The summed E-state index contributed by atoms with van der Waals surface area (Å²) in [5, 5.41) is 0. The van der Waals surface area contributed by atoms with Gasteiger partial charge in [-0.2, -0.15) is 0 Å². The Morgan fingerprint density at radius 2 is 2.17 bits per heavy atom. The van der Waals surface area contributed by atoms with Gasteiger partial charge in [0.1, 0.15) is 0 Å². The molecule has 1 aromatic heterocycles. The van der Waals surface area contributed by atoms with Crippen molar-refractivity contribution in [1.82, 2.24) is 4.98 Å². The van der Waals surface area contributed by atoms with Crippen molar-refractivity contribution >= 4 is 28.3 Å². The van der Waals surface area contributed by atoms with Crippen molar-refractivity contribution < 1.29 is 0 Å². The quantitative estimate of drug-likeness (QED) is 0.832. The van der Waals surface area contributed by atoms with Crippen LogP contribution in [-0.4, -0.2) is 11.5 Å². The van der Waals surface area contributed by atoms with Crippen LogP contribution in [0, 0.1) is 0 Å². The Bertz CT molecular complexity index is 227. The zero-order chi connectivity index (χ0) is 8.27. The molecule has 5 heteroatoms. The van der Waals surface area contributed by atoms with Crippen molar-refractivity contribution in [1.29, 1.82) is 0 Å². The van der Waals surface area contributed by atoms with Crippen LogP contribution in [0.25, 0.3) is 0 Å². The van der Waals surface area contributed by atoms with E-state index in [4.69, 9.17) is 11.5 Å². The van der Waals surface area contributed by atoms with Gasteiger partial charge in [0, 0.05) is 17.2 Å². The number of halogens is 2. The number of aromatic nitrogens is 1. The molecule has 0 aromatic carbocycles. The summed E-state index contributed by atoms with van der Waals surface area (Å²) in [4.78, 5) is 4.10. The molecule has 0 aliphatic carbocycles. The molecule has 1 aromatic rings. The van der Waals surface area contributed by atoms with Gasteiger partial charge in [0.2, 0.25) is 0 Å². The topological polar surface area (TPSA) is 64.9 Å². The van der Waals surface area contributed by atoms with Crippen LogP contribution in [0.4, 0.5) is 0 Å². The maximum Gasteiger partial charge on any atom is 0.0594 e. The van der Waals surface area contributed by atoms with Crippen molar-refractivity contribution in [3.63, 3.8) is 0 Å². The van der Waals surface area contributed by atoms with Gasteiger partial charge < -0.3 is 11.5 Å². The first-order chi connectivity index (χ1) is 5.24. The Balaban J connectivity index is 0.00000121. The Kier molecular flexibility index (Phi) is 5.41. The van der Waals surface area contributed by atoms with Gasteiger partial charge in [-0.05, 0) is 28.1 Å². The van der Waals surface area contributed by atoms with E-state index in [0.717, 1.165) is 10.2 Å². The molecule has 12 heavy (non-hydrogen) atoms. The lowest BCUT2D eigenvalue weighted by Crippen LogP contribution is -2.21. The first-order valence-corrected chi connectivity index (χ1v) is 4.10. The van der Waals surface area contributed by atoms with Crippen LogP contribution in [0.2, 0.25) is 0 Å². The lowest BCUT2D eigenvalue weighted by molar-refractivity contribution is 0.710. The third kappa shape index (κ3) is 3.06. The summed E-state index contributed by atoms with van der Waals surface area (Å²) in [5.74, 6) is 0. The van der Waals surface area contributed by atoms with E-state index in [1.54, 1.807) is 6.20 Å². The number of nitrogens with zero attached hydrogens (tertiary/aromatic N) is 1. The van der Waals surface area contributed by atoms with Crippen molar-refractivity contribution in [2.45, 2.75) is 6.04 Å². The third-order valence-electron chi connectivity index (χ3n) is 1.38. The minimum atomic E-state index is -0.150. The minimum Gasteiger partial charge on any atom is -0.329 e. The second-order valence-corrected chi connectivity index (χ2v) is 3.16. The van der Waals surface area contributed by atoms with E-state index < -0.39 is 0 Å². The zero-order valence-electron chi connectivity index (χ0n) is 6.40. The van der Waals surface area contributed by atoms with E-state index in [1.165, 1.54) is 0 Å². The van der Waals surface area contributed by atoms with Crippen molar-refractivity contribution in [3.8, 4) is 0 Å². The fourth-order valence-electron chi connectivity index (χ4n) is 0.727. The second-order valence-electron chi connectivity index (χ2n) is 2.24. The van der Waals surface area contributed by atoms with Crippen LogP contribution in [-0.2, 0) is 0 Å². The molecule has 0 aliphatic heterocycles. The Morgan fingerprint density at radius 3 is 2.58 bits per heavy atom. The van der Waals surface area contributed by atoms with Gasteiger partial charge in [-0.3, -0.25) is 4.98 Å². The molecule has 0 spiro atoms. The molecule has 0 unspecified atom stereocenters. The molecule has 0 bridgehead atoms. The second kappa shape index (κ2) is 5.48. The molecule has 4 N–H and O–H groups in total. The third-order valence-corrected chi connectivity index (χ3v) is 1.85. The predicted octanol–water partition coefficient (Wildman–Crippen LogP) is 1.22. The largest absolute Gasteiger partial charge is 0.329 e. The highest BCUT2D eigenvalue weighted by molar-refractivity contribution is 9.10. The van der Waals surface area contributed by atoms with Gasteiger partial charge in [0.05, 0.1) is 11.7 Å². The Hall–Kier alpha value is -0.160. The molecule has 0 amide bonds. The maximum atomic E-state index is 5.64. The summed E-state index contributed by atoms with van der Waals surface area (Å²) in [6, 6.07) is 3.61. The van der Waals surface area contributed by atoms with Gasteiger partial charge in [0.25, 0.3) is 0 Å². The van der Waals surface area contributed by atoms with E-state index in [0.29, 0.717) is 6.54 Å². The van der Waals surface area contributed by atoms with Gasteiger partial charge in [-0.15, -0.1) is 12.4 Å². The zero-order valence-corrected chi connectivity index (χ0v) is 8.81. The number of hydrogen-bond donors (Lipinski definition) is 2. The molecule has 0 fully saturated rings. The van der Waals surface area contributed by atoms with E-state index >= 15 is 0 Å². The van der Waals surface area contributed by atoms with Gasteiger partial charge in [-0.25, -0.2) is 0 Å². The molecule has 0 aliphatic rings. The number of rotatable bonds is 2. The number of hydrogen-bond acceptors (Lipinski definition) is 3. The van der Waals surface area contributed by atoms with Crippen molar-refractivity contribution in [2.24, 2.45) is 11.5 Å². The number of pyridine rings is 1. The molecule has 3 nitrogen and oxygen atoms in total. The summed E-state index contributed by atoms with van der Waals surface area (Å²) in [6.45, 7) is 0.425. The van der Waals surface area contributed by atoms with Gasteiger partial charge in [0.15, 0.2) is 0 Å². The normalized spacial score (nSPS) is 11.9. The summed E-state index contributed by atoms with van der Waals surface area (Å²) in [7, 11) is 0. The summed E-state index contributed by atoms with van der Waals surface area (Å²) in [6.07, 6.45) is 1.71. The van der Waals surface area contributed by atoms with Crippen LogP contribution in [0.15, 0.2) is 22.8 Å². The SMILES string of the molecule is Cl.NC[C@@H](N)c1ccc(Br)cn1. The van der Waals surface area contributed by atoms with Crippen molar-refractivity contribution in [3.05, 3.63) is 28.5 Å². The van der Waals surface area contributed by atoms with Crippen LogP contribution in [0.5, 0.6) is 0 Å². The number of nitrogens with two attached hydrogens (primary N) is 2. The molecule has 0 radical (unpaired) electrons. The van der Waals surface area contributed by atoms with E-state index in [9.17, 15) is 0 Å². The van der Waals surface area contributed by atoms with E-state index in [2.05, 4.69) is 20.9 Å². The highest BCUT2D eigenvalue weighted by Gasteiger charge is 2.02. The molecule has 68 valence electrons. The molecule has 1 rings (SSSR count). The molecule has 1 heterocycles. The van der Waals surface area contributed by atoms with Gasteiger partial charge in [-0.1, -0.05) is 0 Å². The standard InChI is InChI=1S/C7H10BrN3.ClH/c8-5-1-2-7(11-4-5)6(10)3-9;/h1-2,4,6H,3,9-10H2;1H/t6-;/m1./s1. The summed E-state index contributed by atoms with van der Waals surface area (Å²) < 4.78 is 0.950. The highest BCUT2D eigenvalue weighted by atomic mass is 79.9. The monoisotopic (exact) mass is 251 g/mol. The fourth-order valence-corrected chi connectivity index (χ4v) is 0.962. The minimum absolute atomic E-state index is 0. The summed E-state index contributed by atoms with van der Waals surface area (Å²) in [5.41, 5.74) is 11.8. The molecule has 1 atom stereocenters. The van der Waals surface area contributed by atoms with Crippen LogP contribution in [0.1, 0.15) is 11.7 Å². The van der Waals surface area contributed by atoms with Crippen molar-refractivity contribution in [2.75, 3.05) is 6.54 Å².